The normalized spacial score (nSPS) is 23.9. The van der Waals surface area contributed by atoms with Gasteiger partial charge in [-0.3, -0.25) is 4.90 Å². The van der Waals surface area contributed by atoms with Crippen molar-refractivity contribution in [2.75, 3.05) is 19.6 Å². The quantitative estimate of drug-likeness (QED) is 0.781. The molecule has 2 aromatic carbocycles. The minimum Gasteiger partial charge on any atom is -0.508 e. The minimum atomic E-state index is -0.868. The SMILES string of the molecule is C[C@H]1CN(C/C(=C/c2ccccc2)C(=O)O)CC[C@@]1(C)c1cccc(O)c1. The Morgan fingerprint density at radius 1 is 1.22 bits per heavy atom. The monoisotopic (exact) mass is 365 g/mol. The van der Waals surface area contributed by atoms with E-state index in [2.05, 4.69) is 24.8 Å². The van der Waals surface area contributed by atoms with E-state index in [1.807, 2.05) is 42.5 Å². The Morgan fingerprint density at radius 2 is 1.96 bits per heavy atom. The molecule has 1 heterocycles. The van der Waals surface area contributed by atoms with Crippen molar-refractivity contribution in [1.29, 1.82) is 0 Å². The second kappa shape index (κ2) is 7.97. The summed E-state index contributed by atoms with van der Waals surface area (Å²) in [5.41, 5.74) is 2.44. The average Bonchev–Trinajstić information content (AvgIpc) is 2.65. The Balaban J connectivity index is 1.73. The highest BCUT2D eigenvalue weighted by atomic mass is 16.4. The van der Waals surface area contributed by atoms with Gasteiger partial charge >= 0.3 is 5.97 Å². The first-order valence-electron chi connectivity index (χ1n) is 9.39. The zero-order valence-electron chi connectivity index (χ0n) is 15.9. The van der Waals surface area contributed by atoms with E-state index in [9.17, 15) is 15.0 Å². The smallest absolute Gasteiger partial charge is 0.332 e. The van der Waals surface area contributed by atoms with E-state index >= 15 is 0 Å². The largest absolute Gasteiger partial charge is 0.508 e. The van der Waals surface area contributed by atoms with Gasteiger partial charge in [0.05, 0.1) is 5.57 Å². The molecular formula is C23H27NO3. The molecule has 1 aliphatic rings. The fraction of sp³-hybridized carbons (Fsp3) is 0.348. The van der Waals surface area contributed by atoms with Gasteiger partial charge in [-0.15, -0.1) is 0 Å². The predicted octanol–water partition coefficient (Wildman–Crippen LogP) is 4.16. The minimum absolute atomic E-state index is 0.0260. The predicted molar refractivity (Wildman–Crippen MR) is 108 cm³/mol. The number of hydrogen-bond donors (Lipinski definition) is 2. The van der Waals surface area contributed by atoms with Crippen LogP contribution < -0.4 is 0 Å². The zero-order valence-corrected chi connectivity index (χ0v) is 15.9. The van der Waals surface area contributed by atoms with Gasteiger partial charge in [-0.25, -0.2) is 4.79 Å². The summed E-state index contributed by atoms with van der Waals surface area (Å²) < 4.78 is 0. The summed E-state index contributed by atoms with van der Waals surface area (Å²) in [5.74, 6) is -0.227. The number of nitrogens with zero attached hydrogens (tertiary/aromatic N) is 1. The van der Waals surface area contributed by atoms with Crippen molar-refractivity contribution in [2.24, 2.45) is 5.92 Å². The van der Waals surface area contributed by atoms with Gasteiger partial charge in [-0.1, -0.05) is 56.3 Å². The van der Waals surface area contributed by atoms with Crippen molar-refractivity contribution in [1.82, 2.24) is 4.90 Å². The summed E-state index contributed by atoms with van der Waals surface area (Å²) in [6.07, 6.45) is 2.69. The Bertz CT molecular complexity index is 831. The molecular weight excluding hydrogens is 338 g/mol. The molecule has 0 aromatic heterocycles. The van der Waals surface area contributed by atoms with Crippen molar-refractivity contribution in [3.8, 4) is 5.75 Å². The topological polar surface area (TPSA) is 60.8 Å². The second-order valence-corrected chi connectivity index (χ2v) is 7.74. The number of rotatable bonds is 5. The molecule has 27 heavy (non-hydrogen) atoms. The highest BCUT2D eigenvalue weighted by Gasteiger charge is 2.38. The van der Waals surface area contributed by atoms with E-state index in [0.717, 1.165) is 30.6 Å². The van der Waals surface area contributed by atoms with E-state index in [1.54, 1.807) is 12.1 Å². The lowest BCUT2D eigenvalue weighted by Gasteiger charge is -2.45. The number of aliphatic carboxylic acids is 1. The molecule has 142 valence electrons. The Labute approximate surface area is 160 Å². The molecule has 0 saturated carbocycles. The van der Waals surface area contributed by atoms with Crippen LogP contribution in [0, 0.1) is 5.92 Å². The van der Waals surface area contributed by atoms with Crippen molar-refractivity contribution in [3.63, 3.8) is 0 Å². The number of likely N-dealkylation sites (tertiary alicyclic amines) is 1. The number of carboxylic acids is 1. The van der Waals surface area contributed by atoms with Crippen LogP contribution in [0.4, 0.5) is 0 Å². The molecule has 0 amide bonds. The average molecular weight is 365 g/mol. The lowest BCUT2D eigenvalue weighted by Crippen LogP contribution is -2.48. The van der Waals surface area contributed by atoms with Gasteiger partial charge in [0.15, 0.2) is 0 Å². The number of phenols is 1. The number of carbonyl (C=O) groups is 1. The summed E-state index contributed by atoms with van der Waals surface area (Å²) in [7, 11) is 0. The molecule has 0 bridgehead atoms. The van der Waals surface area contributed by atoms with E-state index in [4.69, 9.17) is 0 Å². The highest BCUT2D eigenvalue weighted by molar-refractivity contribution is 5.92. The Morgan fingerprint density at radius 3 is 2.59 bits per heavy atom. The van der Waals surface area contributed by atoms with Crippen LogP contribution in [0.3, 0.4) is 0 Å². The summed E-state index contributed by atoms with van der Waals surface area (Å²) in [6, 6.07) is 17.1. The highest BCUT2D eigenvalue weighted by Crippen LogP contribution is 2.40. The van der Waals surface area contributed by atoms with Crippen LogP contribution in [-0.4, -0.2) is 40.7 Å². The maximum Gasteiger partial charge on any atom is 0.332 e. The van der Waals surface area contributed by atoms with E-state index in [0.29, 0.717) is 23.8 Å². The first-order chi connectivity index (χ1) is 12.9. The van der Waals surface area contributed by atoms with Gasteiger partial charge in [0.1, 0.15) is 5.75 Å². The number of carboxylic acid groups (broad SMARTS) is 1. The third kappa shape index (κ3) is 4.40. The number of benzene rings is 2. The summed E-state index contributed by atoms with van der Waals surface area (Å²) in [6.45, 7) is 6.53. The van der Waals surface area contributed by atoms with Gasteiger partial charge in [-0.05, 0) is 53.6 Å². The Kier molecular flexibility index (Phi) is 5.66. The van der Waals surface area contributed by atoms with Crippen LogP contribution in [0.5, 0.6) is 5.75 Å². The number of phenolic OH excluding ortho intramolecular Hbond substituents is 1. The molecule has 3 rings (SSSR count). The van der Waals surface area contributed by atoms with Crippen molar-refractivity contribution >= 4 is 12.0 Å². The molecule has 4 heteroatoms. The molecule has 1 fully saturated rings. The lowest BCUT2D eigenvalue weighted by molar-refractivity contribution is -0.132. The molecule has 0 spiro atoms. The van der Waals surface area contributed by atoms with Crippen LogP contribution in [0.2, 0.25) is 0 Å². The number of aromatic hydroxyl groups is 1. The zero-order chi connectivity index (χ0) is 19.4. The molecule has 4 nitrogen and oxygen atoms in total. The first kappa shape index (κ1) is 19.2. The van der Waals surface area contributed by atoms with Gasteiger partial charge in [0.25, 0.3) is 0 Å². The Hall–Kier alpha value is -2.59. The van der Waals surface area contributed by atoms with Gasteiger partial charge < -0.3 is 10.2 Å². The van der Waals surface area contributed by atoms with Gasteiger partial charge in [-0.2, -0.15) is 0 Å². The van der Waals surface area contributed by atoms with Gasteiger partial charge in [0.2, 0.25) is 0 Å². The van der Waals surface area contributed by atoms with E-state index in [-0.39, 0.29) is 5.41 Å². The van der Waals surface area contributed by atoms with Crippen molar-refractivity contribution in [3.05, 3.63) is 71.3 Å². The van der Waals surface area contributed by atoms with E-state index < -0.39 is 5.97 Å². The molecule has 0 aliphatic carbocycles. The third-order valence-corrected chi connectivity index (χ3v) is 5.88. The van der Waals surface area contributed by atoms with Crippen LogP contribution in [0.15, 0.2) is 60.2 Å². The first-order valence-corrected chi connectivity index (χ1v) is 9.39. The summed E-state index contributed by atoms with van der Waals surface area (Å²) >= 11 is 0. The van der Waals surface area contributed by atoms with E-state index in [1.165, 1.54) is 0 Å². The molecule has 1 saturated heterocycles. The van der Waals surface area contributed by atoms with Crippen LogP contribution in [0.1, 0.15) is 31.4 Å². The van der Waals surface area contributed by atoms with Gasteiger partial charge in [0, 0.05) is 13.1 Å². The lowest BCUT2D eigenvalue weighted by atomic mass is 9.68. The summed E-state index contributed by atoms with van der Waals surface area (Å²) in [4.78, 5) is 13.9. The molecule has 2 aromatic rings. The van der Waals surface area contributed by atoms with Crippen molar-refractivity contribution < 1.29 is 15.0 Å². The number of hydrogen-bond acceptors (Lipinski definition) is 3. The van der Waals surface area contributed by atoms with Crippen molar-refractivity contribution in [2.45, 2.75) is 25.7 Å². The molecule has 1 aliphatic heterocycles. The standard InChI is InChI=1S/C23H27NO3/c1-17-15-24(12-11-23(17,2)20-9-6-10-21(25)14-20)16-19(22(26)27)13-18-7-4-3-5-8-18/h3-10,13-14,17,25H,11-12,15-16H2,1-2H3,(H,26,27)/b19-13-/t17-,23+/m0/s1. The van der Waals surface area contributed by atoms with Crippen LogP contribution >= 0.6 is 0 Å². The maximum absolute atomic E-state index is 11.7. The molecule has 0 unspecified atom stereocenters. The molecule has 0 radical (unpaired) electrons. The summed E-state index contributed by atoms with van der Waals surface area (Å²) in [5, 5.41) is 19.5. The van der Waals surface area contributed by atoms with Crippen LogP contribution in [-0.2, 0) is 10.2 Å². The molecule has 2 atom stereocenters. The fourth-order valence-corrected chi connectivity index (χ4v) is 3.92. The maximum atomic E-state index is 11.7. The van der Waals surface area contributed by atoms with Crippen LogP contribution in [0.25, 0.3) is 6.08 Å². The third-order valence-electron chi connectivity index (χ3n) is 5.88. The number of piperidine rings is 1. The molecule has 2 N–H and O–H groups in total. The second-order valence-electron chi connectivity index (χ2n) is 7.74. The fourth-order valence-electron chi connectivity index (χ4n) is 3.92.